The van der Waals surface area contributed by atoms with E-state index in [-0.39, 0.29) is 19.2 Å². The Bertz CT molecular complexity index is 530. The Labute approximate surface area is 125 Å². The number of carbonyl (C=O) groups excluding carboxylic acids is 1. The van der Waals surface area contributed by atoms with Gasteiger partial charge in [0.05, 0.1) is 13.2 Å². The first-order valence-electron chi connectivity index (χ1n) is 7.34. The van der Waals surface area contributed by atoms with Crippen molar-refractivity contribution in [3.8, 4) is 0 Å². The molecule has 1 heterocycles. The number of nitrogens with one attached hydrogen (secondary N) is 1. The van der Waals surface area contributed by atoms with E-state index >= 15 is 0 Å². The summed E-state index contributed by atoms with van der Waals surface area (Å²) in [5.41, 5.74) is 2.02. The average molecular weight is 292 g/mol. The first kappa shape index (κ1) is 15.8. The number of hydrogen-bond donors (Lipinski definition) is 3. The Morgan fingerprint density at radius 3 is 2.76 bits per heavy atom. The number of carbonyl (C=O) groups is 1. The molecule has 1 aromatic carbocycles. The maximum absolute atomic E-state index is 12.2. The van der Waals surface area contributed by atoms with Crippen molar-refractivity contribution < 1.29 is 15.0 Å². The van der Waals surface area contributed by atoms with Crippen molar-refractivity contribution in [2.75, 3.05) is 25.0 Å². The molecule has 0 radical (unpaired) electrons. The fourth-order valence-corrected chi connectivity index (χ4v) is 2.70. The lowest BCUT2D eigenvalue weighted by molar-refractivity contribution is -0.00246. The van der Waals surface area contributed by atoms with Gasteiger partial charge in [0.15, 0.2) is 0 Å². The van der Waals surface area contributed by atoms with Gasteiger partial charge in [-0.2, -0.15) is 0 Å². The third-order valence-electron chi connectivity index (χ3n) is 4.07. The van der Waals surface area contributed by atoms with Gasteiger partial charge in [-0.1, -0.05) is 19.9 Å². The quantitative estimate of drug-likeness (QED) is 0.798. The molecule has 1 fully saturated rings. The molecule has 2 rings (SSSR count). The summed E-state index contributed by atoms with van der Waals surface area (Å²) in [5.74, 6) is 0.396. The molecule has 116 valence electrons. The lowest BCUT2D eigenvalue weighted by Crippen LogP contribution is -2.40. The van der Waals surface area contributed by atoms with Gasteiger partial charge >= 0.3 is 6.03 Å². The van der Waals surface area contributed by atoms with E-state index in [1.165, 1.54) is 16.0 Å². The van der Waals surface area contributed by atoms with Crippen molar-refractivity contribution in [1.82, 2.24) is 4.90 Å². The summed E-state index contributed by atoms with van der Waals surface area (Å²) in [6, 6.07) is 5.64. The van der Waals surface area contributed by atoms with Crippen molar-refractivity contribution in [3.05, 3.63) is 29.3 Å². The van der Waals surface area contributed by atoms with Crippen molar-refractivity contribution in [2.24, 2.45) is 0 Å². The number of nitrogens with zero attached hydrogens (tertiary/aromatic N) is 1. The Morgan fingerprint density at radius 2 is 2.19 bits per heavy atom. The van der Waals surface area contributed by atoms with Crippen LogP contribution in [0.25, 0.3) is 0 Å². The van der Waals surface area contributed by atoms with E-state index in [4.69, 9.17) is 5.11 Å². The number of amides is 2. The Hall–Kier alpha value is -1.59. The Balaban J connectivity index is 2.05. The van der Waals surface area contributed by atoms with Crippen molar-refractivity contribution in [2.45, 2.75) is 38.7 Å². The number of benzene rings is 1. The maximum Gasteiger partial charge on any atom is 0.321 e. The summed E-state index contributed by atoms with van der Waals surface area (Å²) in [4.78, 5) is 13.7. The van der Waals surface area contributed by atoms with Crippen LogP contribution in [-0.4, -0.2) is 46.4 Å². The van der Waals surface area contributed by atoms with Crippen LogP contribution in [0, 0.1) is 6.92 Å². The molecule has 5 nitrogen and oxygen atoms in total. The average Bonchev–Trinajstić information content (AvgIpc) is 2.84. The van der Waals surface area contributed by atoms with Crippen LogP contribution in [0.5, 0.6) is 0 Å². The highest BCUT2D eigenvalue weighted by atomic mass is 16.3. The highest BCUT2D eigenvalue weighted by Gasteiger charge is 2.37. The number of likely N-dealkylation sites (tertiary alicyclic amines) is 1. The Kier molecular flexibility index (Phi) is 4.54. The van der Waals surface area contributed by atoms with E-state index in [1.807, 2.05) is 18.2 Å². The Morgan fingerprint density at radius 1 is 1.48 bits per heavy atom. The lowest BCUT2D eigenvalue weighted by atomic mass is 9.97. The summed E-state index contributed by atoms with van der Waals surface area (Å²) < 4.78 is 0. The van der Waals surface area contributed by atoms with Gasteiger partial charge in [-0.25, -0.2) is 4.79 Å². The van der Waals surface area contributed by atoms with Crippen molar-refractivity contribution in [1.29, 1.82) is 0 Å². The number of hydrogen-bond acceptors (Lipinski definition) is 3. The molecule has 1 aliphatic heterocycles. The molecule has 21 heavy (non-hydrogen) atoms. The molecular weight excluding hydrogens is 268 g/mol. The fourth-order valence-electron chi connectivity index (χ4n) is 2.70. The van der Waals surface area contributed by atoms with Crippen LogP contribution in [0.3, 0.4) is 0 Å². The van der Waals surface area contributed by atoms with Crippen LogP contribution >= 0.6 is 0 Å². The lowest BCUT2D eigenvalue weighted by Gasteiger charge is -2.21. The summed E-state index contributed by atoms with van der Waals surface area (Å²) >= 11 is 0. The van der Waals surface area contributed by atoms with Gasteiger partial charge in [0.25, 0.3) is 0 Å². The molecule has 0 aromatic heterocycles. The molecule has 1 atom stereocenters. The molecular formula is C16H24N2O3. The van der Waals surface area contributed by atoms with Crippen LogP contribution in [-0.2, 0) is 0 Å². The summed E-state index contributed by atoms with van der Waals surface area (Å²) in [7, 11) is 0. The third-order valence-corrected chi connectivity index (χ3v) is 4.07. The molecule has 5 heteroatoms. The molecule has 0 spiro atoms. The molecule has 1 saturated heterocycles. The molecule has 2 amide bonds. The molecule has 0 unspecified atom stereocenters. The SMILES string of the molecule is Cc1ccc(NC(=O)N2CC[C@@](O)(CO)C2)cc1C(C)C. The first-order valence-corrected chi connectivity index (χ1v) is 7.34. The number of aliphatic hydroxyl groups is 2. The summed E-state index contributed by atoms with van der Waals surface area (Å²) in [5, 5.41) is 22.0. The maximum atomic E-state index is 12.2. The smallest absolute Gasteiger partial charge is 0.321 e. The number of rotatable bonds is 3. The minimum Gasteiger partial charge on any atom is -0.393 e. The number of urea groups is 1. The number of anilines is 1. The van der Waals surface area contributed by atoms with E-state index in [2.05, 4.69) is 26.1 Å². The fraction of sp³-hybridized carbons (Fsp3) is 0.562. The summed E-state index contributed by atoms with van der Waals surface area (Å²) in [6.07, 6.45) is 0.405. The highest BCUT2D eigenvalue weighted by Crippen LogP contribution is 2.24. The van der Waals surface area contributed by atoms with Gasteiger partial charge < -0.3 is 20.4 Å². The summed E-state index contributed by atoms with van der Waals surface area (Å²) in [6.45, 7) is 6.59. The van der Waals surface area contributed by atoms with Crippen molar-refractivity contribution in [3.63, 3.8) is 0 Å². The number of β-amino-alcohol motifs (C(OH)–C–C–N with tert-alkyl or cyclic N) is 1. The predicted octanol–water partition coefficient (Wildman–Crippen LogP) is 2.08. The van der Waals surface area contributed by atoms with Gasteiger partial charge in [-0.3, -0.25) is 0 Å². The highest BCUT2D eigenvalue weighted by molar-refractivity contribution is 5.89. The molecule has 0 aliphatic carbocycles. The zero-order chi connectivity index (χ0) is 15.6. The topological polar surface area (TPSA) is 72.8 Å². The molecule has 3 N–H and O–H groups in total. The van der Waals surface area contributed by atoms with Gasteiger partial charge in [0.1, 0.15) is 5.60 Å². The first-order chi connectivity index (χ1) is 9.84. The number of aliphatic hydroxyl groups excluding tert-OH is 1. The van der Waals surface area contributed by atoms with Crippen LogP contribution in [0.2, 0.25) is 0 Å². The van der Waals surface area contributed by atoms with E-state index in [0.29, 0.717) is 18.9 Å². The second kappa shape index (κ2) is 6.03. The van der Waals surface area contributed by atoms with Crippen molar-refractivity contribution >= 4 is 11.7 Å². The third kappa shape index (κ3) is 3.54. The largest absolute Gasteiger partial charge is 0.393 e. The normalized spacial score (nSPS) is 21.9. The second-order valence-electron chi connectivity index (χ2n) is 6.21. The van der Waals surface area contributed by atoms with Gasteiger partial charge in [-0.05, 0) is 42.5 Å². The van der Waals surface area contributed by atoms with Crippen LogP contribution < -0.4 is 5.32 Å². The number of aryl methyl sites for hydroxylation is 1. The van der Waals surface area contributed by atoms with E-state index in [9.17, 15) is 9.90 Å². The second-order valence-corrected chi connectivity index (χ2v) is 6.21. The van der Waals surface area contributed by atoms with Gasteiger partial charge in [0.2, 0.25) is 0 Å². The van der Waals surface area contributed by atoms with Crippen LogP contribution in [0.15, 0.2) is 18.2 Å². The predicted molar refractivity (Wildman–Crippen MR) is 82.5 cm³/mol. The zero-order valence-electron chi connectivity index (χ0n) is 12.9. The molecule has 1 aromatic rings. The van der Waals surface area contributed by atoms with Gasteiger partial charge in [-0.15, -0.1) is 0 Å². The molecule has 0 bridgehead atoms. The minimum absolute atomic E-state index is 0.165. The zero-order valence-corrected chi connectivity index (χ0v) is 12.9. The van der Waals surface area contributed by atoms with E-state index < -0.39 is 5.60 Å². The molecule has 0 saturated carbocycles. The monoisotopic (exact) mass is 292 g/mol. The van der Waals surface area contributed by atoms with E-state index in [0.717, 1.165) is 5.69 Å². The van der Waals surface area contributed by atoms with E-state index in [1.54, 1.807) is 0 Å². The van der Waals surface area contributed by atoms with Gasteiger partial charge in [0, 0.05) is 12.2 Å². The van der Waals surface area contributed by atoms with Crippen LogP contribution in [0.4, 0.5) is 10.5 Å². The van der Waals surface area contributed by atoms with Crippen LogP contribution in [0.1, 0.15) is 37.3 Å². The molecule has 1 aliphatic rings. The standard InChI is InChI=1S/C16H24N2O3/c1-11(2)14-8-13(5-4-12(14)3)17-15(20)18-7-6-16(21,9-18)10-19/h4-5,8,11,19,21H,6-7,9-10H2,1-3H3,(H,17,20)/t16-/m0/s1. The minimum atomic E-state index is -1.16.